The van der Waals surface area contributed by atoms with Crippen molar-refractivity contribution >= 4 is 11.8 Å². The third kappa shape index (κ3) is 4.14. The lowest BCUT2D eigenvalue weighted by Crippen LogP contribution is -2.41. The summed E-state index contributed by atoms with van der Waals surface area (Å²) >= 11 is 0. The molecule has 18 heavy (non-hydrogen) atoms. The number of likely N-dealkylation sites (N-methyl/N-ethyl adjacent to an activating group) is 1. The molecule has 0 unspecified atom stereocenters. The summed E-state index contributed by atoms with van der Waals surface area (Å²) < 4.78 is 12.6. The predicted octanol–water partition coefficient (Wildman–Crippen LogP) is -0.107. The lowest BCUT2D eigenvalue weighted by Gasteiger charge is -2.14. The van der Waals surface area contributed by atoms with E-state index in [2.05, 4.69) is 5.32 Å². The van der Waals surface area contributed by atoms with E-state index in [-0.39, 0.29) is 25.5 Å². The molecule has 0 fully saturated rings. The average Bonchev–Trinajstić information content (AvgIpc) is 2.37. The van der Waals surface area contributed by atoms with Gasteiger partial charge in [0.1, 0.15) is 5.82 Å². The molecular weight excluding hydrogens is 239 g/mol. The number of amides is 2. The highest BCUT2D eigenvalue weighted by Crippen LogP contribution is 2.02. The van der Waals surface area contributed by atoms with Crippen LogP contribution in [0.2, 0.25) is 0 Å². The topological polar surface area (TPSA) is 69.6 Å². The minimum absolute atomic E-state index is 0.100. The molecule has 2 amide bonds. The zero-order chi connectivity index (χ0) is 13.5. The summed E-state index contributed by atoms with van der Waals surface area (Å²) in [4.78, 5) is 24.0. The summed E-state index contributed by atoms with van der Waals surface area (Å²) in [5.41, 5.74) is 0.697. The van der Waals surface area contributed by atoms with Crippen molar-refractivity contribution in [1.82, 2.24) is 10.2 Å². The number of carbonyl (C=O) groups excluding carboxylic acids is 2. The second-order valence-corrected chi connectivity index (χ2v) is 3.76. The number of hydrogen-bond acceptors (Lipinski definition) is 3. The molecule has 6 heteroatoms. The number of nitrogens with one attached hydrogen (secondary N) is 1. The molecule has 2 N–H and O–H groups in total. The first-order valence-electron chi connectivity index (χ1n) is 5.43. The highest BCUT2D eigenvalue weighted by molar-refractivity contribution is 6.34. The van der Waals surface area contributed by atoms with Crippen LogP contribution in [0.25, 0.3) is 0 Å². The first kappa shape index (κ1) is 14.1. The number of aliphatic hydroxyl groups excluding tert-OH is 1. The van der Waals surface area contributed by atoms with Gasteiger partial charge in [0, 0.05) is 20.1 Å². The Morgan fingerprint density at radius 1 is 1.33 bits per heavy atom. The number of hydrogen-bond donors (Lipinski definition) is 2. The highest BCUT2D eigenvalue weighted by atomic mass is 19.1. The molecule has 98 valence electrons. The molecule has 1 aromatic rings. The largest absolute Gasteiger partial charge is 0.395 e. The normalized spacial score (nSPS) is 9.94. The molecule has 0 heterocycles. The lowest BCUT2D eigenvalue weighted by atomic mass is 10.2. The zero-order valence-corrected chi connectivity index (χ0v) is 10.0. The maximum atomic E-state index is 12.6. The third-order valence-corrected chi connectivity index (χ3v) is 2.34. The van der Waals surface area contributed by atoms with Gasteiger partial charge in [-0.05, 0) is 17.7 Å². The summed E-state index contributed by atoms with van der Waals surface area (Å²) in [7, 11) is 1.43. The molecule has 0 saturated heterocycles. The van der Waals surface area contributed by atoms with Gasteiger partial charge in [-0.15, -0.1) is 0 Å². The van der Waals surface area contributed by atoms with E-state index in [4.69, 9.17) is 5.11 Å². The summed E-state index contributed by atoms with van der Waals surface area (Å²) in [5, 5.41) is 11.1. The number of carbonyl (C=O) groups is 2. The maximum Gasteiger partial charge on any atom is 0.311 e. The van der Waals surface area contributed by atoms with Gasteiger partial charge in [0.15, 0.2) is 0 Å². The number of benzene rings is 1. The van der Waals surface area contributed by atoms with Gasteiger partial charge in [-0.1, -0.05) is 12.1 Å². The molecule has 0 aromatic heterocycles. The quantitative estimate of drug-likeness (QED) is 0.737. The van der Waals surface area contributed by atoms with Crippen LogP contribution in [-0.4, -0.2) is 42.0 Å². The SMILES string of the molecule is CN(CCO)C(=O)C(=O)NCc1ccc(F)cc1. The molecule has 0 atom stereocenters. The number of rotatable bonds is 4. The zero-order valence-electron chi connectivity index (χ0n) is 10.0. The fourth-order valence-corrected chi connectivity index (χ4v) is 1.29. The molecular formula is C12H15FN2O3. The van der Waals surface area contributed by atoms with Gasteiger partial charge < -0.3 is 15.3 Å². The van der Waals surface area contributed by atoms with Gasteiger partial charge in [-0.2, -0.15) is 0 Å². The Morgan fingerprint density at radius 3 is 2.50 bits per heavy atom. The Balaban J connectivity index is 2.45. The molecule has 0 spiro atoms. The summed E-state index contributed by atoms with van der Waals surface area (Å²) in [5.74, 6) is -1.83. The van der Waals surface area contributed by atoms with E-state index in [0.717, 1.165) is 4.90 Å². The number of aliphatic hydroxyl groups is 1. The van der Waals surface area contributed by atoms with Crippen LogP contribution in [-0.2, 0) is 16.1 Å². The van der Waals surface area contributed by atoms with Gasteiger partial charge in [0.2, 0.25) is 0 Å². The fraction of sp³-hybridized carbons (Fsp3) is 0.333. The van der Waals surface area contributed by atoms with E-state index >= 15 is 0 Å². The first-order valence-corrected chi connectivity index (χ1v) is 5.43. The van der Waals surface area contributed by atoms with Crippen molar-refractivity contribution in [3.8, 4) is 0 Å². The van der Waals surface area contributed by atoms with Crippen molar-refractivity contribution in [1.29, 1.82) is 0 Å². The Labute approximate surface area is 104 Å². The van der Waals surface area contributed by atoms with Gasteiger partial charge in [-0.3, -0.25) is 9.59 Å². The van der Waals surface area contributed by atoms with Crippen LogP contribution in [0.5, 0.6) is 0 Å². The minimum atomic E-state index is -0.754. The second-order valence-electron chi connectivity index (χ2n) is 3.76. The number of halogens is 1. The fourth-order valence-electron chi connectivity index (χ4n) is 1.29. The molecule has 0 radical (unpaired) electrons. The van der Waals surface area contributed by atoms with E-state index in [1.165, 1.54) is 31.3 Å². The number of nitrogens with zero attached hydrogens (tertiary/aromatic N) is 1. The van der Waals surface area contributed by atoms with Gasteiger partial charge in [0.05, 0.1) is 6.61 Å². The molecule has 0 aliphatic heterocycles. The molecule has 0 bridgehead atoms. The third-order valence-electron chi connectivity index (χ3n) is 2.34. The van der Waals surface area contributed by atoms with E-state index in [9.17, 15) is 14.0 Å². The average molecular weight is 254 g/mol. The first-order chi connectivity index (χ1) is 8.54. The second kappa shape index (κ2) is 6.70. The molecule has 1 aromatic carbocycles. The Morgan fingerprint density at radius 2 is 1.94 bits per heavy atom. The van der Waals surface area contributed by atoms with Crippen molar-refractivity contribution < 1.29 is 19.1 Å². The Kier molecular flexibility index (Phi) is 5.26. The summed E-state index contributed by atoms with van der Waals surface area (Å²) in [6.45, 7) is 0.0497. The monoisotopic (exact) mass is 254 g/mol. The van der Waals surface area contributed by atoms with Crippen molar-refractivity contribution in [2.75, 3.05) is 20.2 Å². The Bertz CT molecular complexity index is 420. The van der Waals surface area contributed by atoms with E-state index in [1.807, 2.05) is 0 Å². The standard InChI is InChI=1S/C12H15FN2O3/c1-15(6-7-16)12(18)11(17)14-8-9-2-4-10(13)5-3-9/h2-5,16H,6-8H2,1H3,(H,14,17). The molecule has 1 rings (SSSR count). The van der Waals surface area contributed by atoms with E-state index in [0.29, 0.717) is 5.56 Å². The van der Waals surface area contributed by atoms with Crippen molar-refractivity contribution in [2.24, 2.45) is 0 Å². The van der Waals surface area contributed by atoms with Crippen LogP contribution in [0, 0.1) is 5.82 Å². The van der Waals surface area contributed by atoms with E-state index < -0.39 is 11.8 Å². The van der Waals surface area contributed by atoms with Crippen molar-refractivity contribution in [3.63, 3.8) is 0 Å². The van der Waals surface area contributed by atoms with Gasteiger partial charge in [0.25, 0.3) is 0 Å². The Hall–Kier alpha value is -1.95. The summed E-state index contributed by atoms with van der Waals surface area (Å²) in [6.07, 6.45) is 0. The summed E-state index contributed by atoms with van der Waals surface area (Å²) in [6, 6.07) is 5.61. The van der Waals surface area contributed by atoms with Crippen LogP contribution in [0.15, 0.2) is 24.3 Å². The van der Waals surface area contributed by atoms with Crippen molar-refractivity contribution in [3.05, 3.63) is 35.6 Å². The van der Waals surface area contributed by atoms with E-state index in [1.54, 1.807) is 0 Å². The van der Waals surface area contributed by atoms with Crippen molar-refractivity contribution in [2.45, 2.75) is 6.54 Å². The maximum absolute atomic E-state index is 12.6. The smallest absolute Gasteiger partial charge is 0.311 e. The van der Waals surface area contributed by atoms with Crippen LogP contribution in [0.1, 0.15) is 5.56 Å². The molecule has 0 aliphatic rings. The predicted molar refractivity (Wildman–Crippen MR) is 63.0 cm³/mol. The van der Waals surface area contributed by atoms with Gasteiger partial charge >= 0.3 is 11.8 Å². The van der Waals surface area contributed by atoms with Crippen LogP contribution < -0.4 is 5.32 Å². The highest BCUT2D eigenvalue weighted by Gasteiger charge is 2.17. The van der Waals surface area contributed by atoms with Crippen LogP contribution >= 0.6 is 0 Å². The van der Waals surface area contributed by atoms with Crippen LogP contribution in [0.4, 0.5) is 4.39 Å². The molecule has 0 aliphatic carbocycles. The lowest BCUT2D eigenvalue weighted by molar-refractivity contribution is -0.145. The van der Waals surface area contributed by atoms with Gasteiger partial charge in [-0.25, -0.2) is 4.39 Å². The molecule has 0 saturated carbocycles. The van der Waals surface area contributed by atoms with Crippen LogP contribution in [0.3, 0.4) is 0 Å². The molecule has 5 nitrogen and oxygen atoms in total. The minimum Gasteiger partial charge on any atom is -0.395 e.